The van der Waals surface area contributed by atoms with Gasteiger partial charge in [0.15, 0.2) is 11.4 Å². The lowest BCUT2D eigenvalue weighted by Gasteiger charge is -2.24. The molecule has 1 unspecified atom stereocenters. The number of nitrogens with one attached hydrogen (secondary N) is 1. The van der Waals surface area contributed by atoms with Crippen molar-refractivity contribution in [3.05, 3.63) is 235 Å². The summed E-state index contributed by atoms with van der Waals surface area (Å²) in [5.41, 5.74) is 11.7. The molecule has 322 valence electrons. The van der Waals surface area contributed by atoms with Gasteiger partial charge in [0.25, 0.3) is 0 Å². The second-order valence-electron chi connectivity index (χ2n) is 18.0. The molecule has 11 aromatic carbocycles. The maximum Gasteiger partial charge on any atom is 0.159 e. The van der Waals surface area contributed by atoms with Crippen LogP contribution in [0.3, 0.4) is 0 Å². The van der Waals surface area contributed by atoms with Gasteiger partial charge in [0, 0.05) is 49.0 Å². The Morgan fingerprint density at radius 3 is 1.71 bits per heavy atom. The highest BCUT2D eigenvalue weighted by molar-refractivity contribution is 6.27. The van der Waals surface area contributed by atoms with E-state index in [9.17, 15) is 0 Å². The Balaban J connectivity index is 0.886. The molecule has 0 saturated heterocycles. The van der Waals surface area contributed by atoms with Crippen LogP contribution in [0.2, 0.25) is 0 Å². The first kappa shape index (κ1) is 37.9. The summed E-state index contributed by atoms with van der Waals surface area (Å²) in [5.74, 6) is 1.43. The molecule has 0 bridgehead atoms. The van der Waals surface area contributed by atoms with Crippen molar-refractivity contribution >= 4 is 110 Å². The number of para-hydroxylation sites is 3. The van der Waals surface area contributed by atoms with Gasteiger partial charge in [-0.3, -0.25) is 0 Å². The predicted octanol–water partition coefficient (Wildman–Crippen LogP) is 16.2. The molecule has 3 aromatic heterocycles. The zero-order chi connectivity index (χ0) is 45.2. The number of fused-ring (bicyclic) bond motifs is 15. The molecule has 0 aliphatic carbocycles. The molecule has 0 saturated carbocycles. The number of hydrogen-bond acceptors (Lipinski definition) is 5. The fourth-order valence-electron chi connectivity index (χ4n) is 11.2. The molecule has 0 spiro atoms. The molecule has 6 heteroatoms. The fraction of sp³-hybridized carbons (Fsp3) is 0.0159. The van der Waals surface area contributed by atoms with Gasteiger partial charge in [-0.1, -0.05) is 170 Å². The summed E-state index contributed by atoms with van der Waals surface area (Å²) >= 11 is 0. The van der Waals surface area contributed by atoms with E-state index in [-0.39, 0.29) is 0 Å². The van der Waals surface area contributed by atoms with E-state index in [4.69, 9.17) is 18.8 Å². The molecule has 0 fully saturated rings. The standard InChI is InChI=1S/C63H38N4O2/c1-2-15-37(16-3-1)61-64-62(39-31-33-45-43-19-5-4-17-41(43)42-18-6-7-20-44(42)50(45)36-39)66-63(65-61)49-25-14-29-56-59(49)51-35-38(32-34-55(51)68-56)40-23-13-30-57-58(40)48-24-12-28-54(60(48)69-57)67-52-26-10-8-21-46(52)47-22-9-11-27-53(47)67/h1-36,63H,(H,64,65,66). The molecule has 1 N–H and O–H groups in total. The van der Waals surface area contributed by atoms with E-state index in [0.717, 1.165) is 94.3 Å². The van der Waals surface area contributed by atoms with Gasteiger partial charge in [0.2, 0.25) is 0 Å². The topological polar surface area (TPSA) is 68.0 Å². The summed E-state index contributed by atoms with van der Waals surface area (Å²) in [4.78, 5) is 10.6. The monoisotopic (exact) mass is 882 g/mol. The number of benzene rings is 11. The fourth-order valence-corrected chi connectivity index (χ4v) is 11.2. The first-order valence-corrected chi connectivity index (χ1v) is 23.4. The molecule has 4 heterocycles. The molecule has 69 heavy (non-hydrogen) atoms. The number of aliphatic imine (C=N–C) groups is 2. The first-order valence-electron chi connectivity index (χ1n) is 23.4. The van der Waals surface area contributed by atoms with Crippen molar-refractivity contribution in [1.82, 2.24) is 9.88 Å². The van der Waals surface area contributed by atoms with Crippen molar-refractivity contribution in [2.75, 3.05) is 0 Å². The summed E-state index contributed by atoms with van der Waals surface area (Å²) < 4.78 is 15.9. The van der Waals surface area contributed by atoms with E-state index in [1.54, 1.807) is 0 Å². The number of hydrogen-bond donors (Lipinski definition) is 1. The van der Waals surface area contributed by atoms with Crippen LogP contribution < -0.4 is 5.32 Å². The number of furan rings is 2. The van der Waals surface area contributed by atoms with E-state index in [2.05, 4.69) is 210 Å². The molecule has 14 aromatic rings. The molecule has 15 rings (SSSR count). The van der Waals surface area contributed by atoms with Crippen LogP contribution in [-0.4, -0.2) is 16.2 Å². The van der Waals surface area contributed by atoms with Gasteiger partial charge in [0.1, 0.15) is 28.8 Å². The van der Waals surface area contributed by atoms with Crippen molar-refractivity contribution in [3.8, 4) is 16.8 Å². The van der Waals surface area contributed by atoms with Crippen molar-refractivity contribution < 1.29 is 8.83 Å². The van der Waals surface area contributed by atoms with Crippen LogP contribution in [-0.2, 0) is 0 Å². The quantitative estimate of drug-likeness (QED) is 0.175. The molecule has 1 aliphatic rings. The number of rotatable bonds is 5. The van der Waals surface area contributed by atoms with Crippen LogP contribution in [0.5, 0.6) is 0 Å². The lowest BCUT2D eigenvalue weighted by molar-refractivity contribution is 0.662. The Labute approximate surface area is 394 Å². The van der Waals surface area contributed by atoms with E-state index < -0.39 is 6.17 Å². The average molecular weight is 883 g/mol. The second-order valence-corrected chi connectivity index (χ2v) is 18.0. The molecular formula is C63H38N4O2. The minimum absolute atomic E-state index is 0.467. The van der Waals surface area contributed by atoms with Gasteiger partial charge < -0.3 is 18.7 Å². The molecule has 6 nitrogen and oxygen atoms in total. The predicted molar refractivity (Wildman–Crippen MR) is 285 cm³/mol. The summed E-state index contributed by atoms with van der Waals surface area (Å²) in [6, 6.07) is 77.2. The molecule has 0 amide bonds. The van der Waals surface area contributed by atoms with Crippen LogP contribution in [0.1, 0.15) is 22.9 Å². The van der Waals surface area contributed by atoms with Crippen LogP contribution in [0.25, 0.3) is 115 Å². The molecule has 0 radical (unpaired) electrons. The number of nitrogens with zero attached hydrogens (tertiary/aromatic N) is 3. The lowest BCUT2D eigenvalue weighted by Crippen LogP contribution is -2.33. The van der Waals surface area contributed by atoms with Crippen LogP contribution in [0, 0.1) is 0 Å². The third-order valence-corrected chi connectivity index (χ3v) is 14.2. The first-order chi connectivity index (χ1) is 34.2. The van der Waals surface area contributed by atoms with Gasteiger partial charge >= 0.3 is 0 Å². The Bertz CT molecular complexity index is 4440. The summed E-state index contributed by atoms with van der Waals surface area (Å²) in [6.07, 6.45) is -0.467. The van der Waals surface area contributed by atoms with E-state index in [0.29, 0.717) is 5.84 Å². The van der Waals surface area contributed by atoms with Gasteiger partial charge in [-0.2, -0.15) is 0 Å². The maximum absolute atomic E-state index is 6.89. The van der Waals surface area contributed by atoms with Crippen LogP contribution in [0.15, 0.2) is 237 Å². The van der Waals surface area contributed by atoms with Crippen molar-refractivity contribution in [2.45, 2.75) is 6.17 Å². The smallest absolute Gasteiger partial charge is 0.159 e. The maximum atomic E-state index is 6.89. The SMILES string of the molecule is c1ccc(C2=NC(c3cccc4oc5ccc(-c6cccc7oc8c(-n9c%10ccccc%10c%10ccccc%109)cccc8c67)cc5c34)NC(c3ccc4c5ccccc5c5ccccc5c4c3)=N2)cc1. The summed E-state index contributed by atoms with van der Waals surface area (Å²) in [6.45, 7) is 0. The van der Waals surface area contributed by atoms with Crippen molar-refractivity contribution in [1.29, 1.82) is 0 Å². The Hall–Kier alpha value is -9.26. The Morgan fingerprint density at radius 2 is 0.971 bits per heavy atom. The van der Waals surface area contributed by atoms with Crippen molar-refractivity contribution in [3.63, 3.8) is 0 Å². The van der Waals surface area contributed by atoms with Gasteiger partial charge in [-0.15, -0.1) is 0 Å². The lowest BCUT2D eigenvalue weighted by atomic mass is 9.93. The number of aromatic nitrogens is 1. The van der Waals surface area contributed by atoms with Crippen LogP contribution >= 0.6 is 0 Å². The zero-order valence-corrected chi connectivity index (χ0v) is 37.0. The third-order valence-electron chi connectivity index (χ3n) is 14.2. The van der Waals surface area contributed by atoms with Gasteiger partial charge in [-0.25, -0.2) is 9.98 Å². The highest BCUT2D eigenvalue weighted by atomic mass is 16.3. The zero-order valence-electron chi connectivity index (χ0n) is 37.0. The average Bonchev–Trinajstić information content (AvgIpc) is 4.11. The Morgan fingerprint density at radius 1 is 0.391 bits per heavy atom. The number of amidine groups is 2. The normalized spacial score (nSPS) is 14.2. The van der Waals surface area contributed by atoms with E-state index >= 15 is 0 Å². The minimum atomic E-state index is -0.467. The highest BCUT2D eigenvalue weighted by Gasteiger charge is 2.26. The van der Waals surface area contributed by atoms with Crippen molar-refractivity contribution in [2.24, 2.45) is 9.98 Å². The van der Waals surface area contributed by atoms with E-state index in [1.165, 1.54) is 43.1 Å². The summed E-state index contributed by atoms with van der Waals surface area (Å²) in [7, 11) is 0. The van der Waals surface area contributed by atoms with Crippen LogP contribution in [0.4, 0.5) is 0 Å². The second kappa shape index (κ2) is 14.6. The summed E-state index contributed by atoms with van der Waals surface area (Å²) in [5, 5.41) is 17.7. The highest BCUT2D eigenvalue weighted by Crippen LogP contribution is 2.44. The largest absolute Gasteiger partial charge is 0.456 e. The molecule has 1 aliphatic heterocycles. The minimum Gasteiger partial charge on any atom is -0.456 e. The molecule has 1 atom stereocenters. The van der Waals surface area contributed by atoms with Gasteiger partial charge in [-0.05, 0) is 92.0 Å². The Kier molecular flexibility index (Phi) is 8.03. The van der Waals surface area contributed by atoms with E-state index in [1.807, 2.05) is 18.2 Å². The van der Waals surface area contributed by atoms with Gasteiger partial charge in [0.05, 0.1) is 16.7 Å². The third kappa shape index (κ3) is 5.66. The molecular weight excluding hydrogens is 845 g/mol.